The maximum Gasteiger partial charge on any atom is 0.390 e. The number of pyridine rings is 1. The molecule has 15 heteroatoms. The van der Waals surface area contributed by atoms with Crippen molar-refractivity contribution < 1.29 is 30.4 Å². The van der Waals surface area contributed by atoms with Gasteiger partial charge in [-0.25, -0.2) is 22.2 Å². The maximum atomic E-state index is 14.9. The Morgan fingerprint density at radius 2 is 1.84 bits per heavy atom. The van der Waals surface area contributed by atoms with E-state index in [1.54, 1.807) is 6.20 Å². The van der Waals surface area contributed by atoms with E-state index < -0.39 is 45.4 Å². The number of fused-ring (bicyclic) bond motifs is 1. The SMILES string of the molecule is CC(C)n1c(=O)c(-c2ccc(NS(=O)(=O)CCC(F)(F)F)c(F)c2)cc2cnc(NC3CCC4(CC3)CN(CCF)C4)nc21. The molecule has 1 saturated heterocycles. The van der Waals surface area contributed by atoms with Gasteiger partial charge < -0.3 is 5.32 Å². The highest BCUT2D eigenvalue weighted by Crippen LogP contribution is 2.44. The summed E-state index contributed by atoms with van der Waals surface area (Å²) in [6.07, 6.45) is -0.744. The van der Waals surface area contributed by atoms with E-state index in [2.05, 4.69) is 20.2 Å². The Morgan fingerprint density at radius 1 is 1.14 bits per heavy atom. The van der Waals surface area contributed by atoms with Gasteiger partial charge >= 0.3 is 6.18 Å². The first-order valence-corrected chi connectivity index (χ1v) is 16.2. The van der Waals surface area contributed by atoms with Crippen molar-refractivity contribution in [3.05, 3.63) is 46.6 Å². The van der Waals surface area contributed by atoms with E-state index in [0.717, 1.165) is 50.9 Å². The molecule has 2 fully saturated rings. The zero-order chi connectivity index (χ0) is 31.9. The van der Waals surface area contributed by atoms with Crippen molar-refractivity contribution in [2.45, 2.75) is 64.2 Å². The van der Waals surface area contributed by atoms with Gasteiger partial charge in [-0.05, 0) is 68.7 Å². The topological polar surface area (TPSA) is 109 Å². The molecule has 1 saturated carbocycles. The van der Waals surface area contributed by atoms with Gasteiger partial charge in [-0.15, -0.1) is 0 Å². The van der Waals surface area contributed by atoms with Gasteiger partial charge in [-0.2, -0.15) is 18.2 Å². The lowest BCUT2D eigenvalue weighted by atomic mass is 9.67. The number of benzene rings is 1. The number of sulfonamides is 1. The molecule has 2 aromatic heterocycles. The summed E-state index contributed by atoms with van der Waals surface area (Å²) < 4.78 is 92.4. The first-order valence-electron chi connectivity index (χ1n) is 14.5. The van der Waals surface area contributed by atoms with E-state index in [1.165, 1.54) is 16.7 Å². The number of hydrogen-bond donors (Lipinski definition) is 2. The summed E-state index contributed by atoms with van der Waals surface area (Å²) in [5.41, 5.74) is -0.0297. The third kappa shape index (κ3) is 7.14. The summed E-state index contributed by atoms with van der Waals surface area (Å²) in [6.45, 7) is 5.65. The van der Waals surface area contributed by atoms with Crippen molar-refractivity contribution in [1.82, 2.24) is 19.4 Å². The van der Waals surface area contributed by atoms with Gasteiger partial charge in [0.15, 0.2) is 0 Å². The number of nitrogens with zero attached hydrogens (tertiary/aromatic N) is 4. The third-order valence-corrected chi connectivity index (χ3v) is 9.66. The fourth-order valence-corrected chi connectivity index (χ4v) is 7.27. The van der Waals surface area contributed by atoms with Gasteiger partial charge in [0.2, 0.25) is 16.0 Å². The van der Waals surface area contributed by atoms with Gasteiger partial charge in [0.05, 0.1) is 17.9 Å². The minimum Gasteiger partial charge on any atom is -0.351 e. The van der Waals surface area contributed by atoms with Gasteiger partial charge in [0.1, 0.15) is 18.1 Å². The van der Waals surface area contributed by atoms with Crippen molar-refractivity contribution in [1.29, 1.82) is 0 Å². The standard InChI is InChI=1S/C29H35F5N6O3S/c1-18(2)40-25-20(15-35-27(37-25)36-21-5-7-28(8-6-21)16-39(17-28)11-10-30)13-22(26(40)41)19-3-4-24(23(31)14-19)38-44(42,43)12-9-29(32,33)34/h3-4,13-15,18,21,38H,5-12,16-17H2,1-2H3,(H,35,36,37). The monoisotopic (exact) mass is 642 g/mol. The smallest absolute Gasteiger partial charge is 0.351 e. The lowest BCUT2D eigenvalue weighted by Gasteiger charge is -2.53. The first-order chi connectivity index (χ1) is 20.7. The Kier molecular flexibility index (Phi) is 8.91. The summed E-state index contributed by atoms with van der Waals surface area (Å²) >= 11 is 0. The molecule has 1 aromatic carbocycles. The number of nitrogens with one attached hydrogen (secondary N) is 2. The molecule has 2 aliphatic rings. The van der Waals surface area contributed by atoms with Crippen molar-refractivity contribution in [2.75, 3.05) is 42.1 Å². The molecule has 0 radical (unpaired) electrons. The number of halogens is 5. The van der Waals surface area contributed by atoms with Gasteiger partial charge in [0, 0.05) is 48.9 Å². The number of alkyl halides is 4. The van der Waals surface area contributed by atoms with Crippen LogP contribution in [0.2, 0.25) is 0 Å². The van der Waals surface area contributed by atoms with E-state index >= 15 is 0 Å². The summed E-state index contributed by atoms with van der Waals surface area (Å²) in [5.74, 6) is -1.91. The van der Waals surface area contributed by atoms with Crippen LogP contribution in [-0.4, -0.2) is 72.1 Å². The molecule has 240 valence electrons. The van der Waals surface area contributed by atoms with Crippen molar-refractivity contribution in [3.63, 3.8) is 0 Å². The largest absolute Gasteiger partial charge is 0.390 e. The van der Waals surface area contributed by atoms with Crippen LogP contribution in [0.25, 0.3) is 22.2 Å². The van der Waals surface area contributed by atoms with Crippen LogP contribution in [0.1, 0.15) is 52.0 Å². The van der Waals surface area contributed by atoms with Crippen LogP contribution in [0.4, 0.5) is 33.6 Å². The predicted molar refractivity (Wildman–Crippen MR) is 158 cm³/mol. The number of hydrogen-bond acceptors (Lipinski definition) is 7. The molecular formula is C29H35F5N6O3S. The van der Waals surface area contributed by atoms with Crippen LogP contribution < -0.4 is 15.6 Å². The van der Waals surface area contributed by atoms with Gasteiger partial charge in [0.25, 0.3) is 5.56 Å². The fraction of sp³-hybridized carbons (Fsp3) is 0.552. The molecule has 0 amide bonds. The Hall–Kier alpha value is -3.33. The zero-order valence-electron chi connectivity index (χ0n) is 24.4. The van der Waals surface area contributed by atoms with Crippen LogP contribution in [0.3, 0.4) is 0 Å². The summed E-state index contributed by atoms with van der Waals surface area (Å²) in [5, 5.41) is 3.93. The van der Waals surface area contributed by atoms with E-state index in [0.29, 0.717) is 23.5 Å². The molecule has 2 N–H and O–H groups in total. The molecule has 0 bridgehead atoms. The quantitative estimate of drug-likeness (QED) is 0.281. The molecule has 3 heterocycles. The molecular weight excluding hydrogens is 607 g/mol. The van der Waals surface area contributed by atoms with Crippen molar-refractivity contribution in [3.8, 4) is 11.1 Å². The Bertz CT molecular complexity index is 1680. The molecule has 1 aliphatic heterocycles. The second kappa shape index (κ2) is 12.2. The number of aromatic nitrogens is 3. The van der Waals surface area contributed by atoms with Crippen LogP contribution >= 0.6 is 0 Å². The van der Waals surface area contributed by atoms with E-state index in [1.807, 2.05) is 18.6 Å². The molecule has 5 rings (SSSR count). The molecule has 1 spiro atoms. The molecule has 44 heavy (non-hydrogen) atoms. The third-order valence-electron chi connectivity index (χ3n) is 8.39. The van der Waals surface area contributed by atoms with Crippen molar-refractivity contribution in [2.24, 2.45) is 5.41 Å². The van der Waals surface area contributed by atoms with E-state index in [4.69, 9.17) is 0 Å². The Labute approximate surface area is 251 Å². The second-order valence-electron chi connectivity index (χ2n) is 12.1. The van der Waals surface area contributed by atoms with Crippen LogP contribution in [0.15, 0.2) is 35.3 Å². The Balaban J connectivity index is 1.35. The first kappa shape index (κ1) is 32.1. The fourth-order valence-electron chi connectivity index (χ4n) is 6.16. The highest BCUT2D eigenvalue weighted by atomic mass is 32.2. The highest BCUT2D eigenvalue weighted by molar-refractivity contribution is 7.92. The predicted octanol–water partition coefficient (Wildman–Crippen LogP) is 5.50. The minimum absolute atomic E-state index is 0.126. The second-order valence-corrected chi connectivity index (χ2v) is 13.9. The average molecular weight is 643 g/mol. The molecule has 9 nitrogen and oxygen atoms in total. The van der Waals surface area contributed by atoms with Crippen molar-refractivity contribution >= 4 is 32.7 Å². The number of anilines is 2. The Morgan fingerprint density at radius 3 is 2.45 bits per heavy atom. The summed E-state index contributed by atoms with van der Waals surface area (Å²) in [4.78, 5) is 24.9. The minimum atomic E-state index is -4.68. The van der Waals surface area contributed by atoms with Crippen LogP contribution in [0, 0.1) is 11.2 Å². The normalized spacial score (nSPS) is 17.7. The van der Waals surface area contributed by atoms with Crippen LogP contribution in [-0.2, 0) is 10.0 Å². The van der Waals surface area contributed by atoms with E-state index in [9.17, 15) is 35.2 Å². The lowest BCUT2D eigenvalue weighted by Crippen LogP contribution is -2.58. The molecule has 0 unspecified atom stereocenters. The number of rotatable bonds is 10. The van der Waals surface area contributed by atoms with E-state index in [-0.39, 0.29) is 35.3 Å². The lowest BCUT2D eigenvalue weighted by molar-refractivity contribution is -0.129. The van der Waals surface area contributed by atoms with Gasteiger partial charge in [-0.3, -0.25) is 19.0 Å². The highest BCUT2D eigenvalue weighted by Gasteiger charge is 2.44. The van der Waals surface area contributed by atoms with Crippen LogP contribution in [0.5, 0.6) is 0 Å². The molecule has 3 aromatic rings. The zero-order valence-corrected chi connectivity index (χ0v) is 25.2. The summed E-state index contributed by atoms with van der Waals surface area (Å²) in [6, 6.07) is 4.73. The van der Waals surface area contributed by atoms with Gasteiger partial charge in [-0.1, -0.05) is 6.07 Å². The average Bonchev–Trinajstić information content (AvgIpc) is 2.92. The molecule has 0 atom stereocenters. The maximum absolute atomic E-state index is 14.9. The summed E-state index contributed by atoms with van der Waals surface area (Å²) in [7, 11) is -4.46. The number of likely N-dealkylation sites (tertiary alicyclic amines) is 1. The molecule has 1 aliphatic carbocycles.